The van der Waals surface area contributed by atoms with Crippen LogP contribution in [0.5, 0.6) is 5.75 Å². The number of ether oxygens (including phenoxy) is 1. The van der Waals surface area contributed by atoms with E-state index < -0.39 is 0 Å². The molecule has 0 radical (unpaired) electrons. The highest BCUT2D eigenvalue weighted by atomic mass is 16.5. The summed E-state index contributed by atoms with van der Waals surface area (Å²) in [5.74, 6) is 0.893. The quantitative estimate of drug-likeness (QED) is 0.290. The highest BCUT2D eigenvalue weighted by Crippen LogP contribution is 2.30. The van der Waals surface area contributed by atoms with E-state index in [0.29, 0.717) is 24.2 Å². The first-order valence-corrected chi connectivity index (χ1v) is 13.5. The third-order valence-corrected chi connectivity index (χ3v) is 8.04. The number of pyridine rings is 2. The van der Waals surface area contributed by atoms with Gasteiger partial charge in [-0.2, -0.15) is 0 Å². The van der Waals surface area contributed by atoms with Crippen LogP contribution in [0.2, 0.25) is 0 Å². The van der Waals surface area contributed by atoms with Crippen LogP contribution in [0.3, 0.4) is 0 Å². The zero-order valence-corrected chi connectivity index (χ0v) is 22.3. The number of piperidine rings is 1. The molecule has 1 aliphatic rings. The van der Waals surface area contributed by atoms with E-state index in [-0.39, 0.29) is 5.56 Å². The Bertz CT molecular complexity index is 1640. The van der Waals surface area contributed by atoms with Crippen molar-refractivity contribution in [3.63, 3.8) is 0 Å². The van der Waals surface area contributed by atoms with Crippen molar-refractivity contribution in [3.05, 3.63) is 83.4 Å². The molecule has 0 aliphatic carbocycles. The van der Waals surface area contributed by atoms with Crippen LogP contribution in [0, 0.1) is 0 Å². The third kappa shape index (κ3) is 4.61. The summed E-state index contributed by atoms with van der Waals surface area (Å²) in [6, 6.07) is 21.9. The Hall–Kier alpha value is -3.90. The lowest BCUT2D eigenvalue weighted by atomic mass is 9.98. The number of aromatic amines is 1. The summed E-state index contributed by atoms with van der Waals surface area (Å²) < 4.78 is 7.70. The number of fused-ring (bicyclic) bond motifs is 2. The highest BCUT2D eigenvalue weighted by molar-refractivity contribution is 5.97. The zero-order valence-electron chi connectivity index (χ0n) is 22.3. The maximum absolute atomic E-state index is 12.4. The Morgan fingerprint density at radius 2 is 1.74 bits per heavy atom. The van der Waals surface area contributed by atoms with Crippen molar-refractivity contribution in [1.82, 2.24) is 19.4 Å². The predicted molar refractivity (Wildman–Crippen MR) is 155 cm³/mol. The molecule has 6 heteroatoms. The van der Waals surface area contributed by atoms with E-state index in [1.807, 2.05) is 30.6 Å². The molecular weight excluding hydrogens is 472 g/mol. The van der Waals surface area contributed by atoms with Crippen LogP contribution < -0.4 is 10.3 Å². The molecule has 38 heavy (non-hydrogen) atoms. The Labute approximate surface area is 222 Å². The molecule has 0 saturated carbocycles. The Morgan fingerprint density at radius 1 is 0.974 bits per heavy atom. The minimum absolute atomic E-state index is 0.0246. The van der Waals surface area contributed by atoms with Crippen LogP contribution in [-0.2, 0) is 7.05 Å². The van der Waals surface area contributed by atoms with Crippen LogP contribution in [0.1, 0.15) is 33.1 Å². The average molecular weight is 507 g/mol. The predicted octanol–water partition coefficient (Wildman–Crippen LogP) is 6.39. The van der Waals surface area contributed by atoms with Crippen molar-refractivity contribution in [2.75, 3.05) is 13.2 Å². The summed E-state index contributed by atoms with van der Waals surface area (Å²) in [5, 5.41) is 1.99. The minimum Gasteiger partial charge on any atom is -0.492 e. The fraction of sp³-hybridized carbons (Fsp3) is 0.312. The summed E-state index contributed by atoms with van der Waals surface area (Å²) in [6.45, 7) is 6.32. The number of hydrogen-bond donors (Lipinski definition) is 1. The van der Waals surface area contributed by atoms with Gasteiger partial charge in [0, 0.05) is 60.0 Å². The molecule has 1 aliphatic heterocycles. The maximum atomic E-state index is 12.4. The molecule has 3 aromatic heterocycles. The molecule has 1 N–H and O–H groups in total. The summed E-state index contributed by atoms with van der Waals surface area (Å²) >= 11 is 0. The fourth-order valence-electron chi connectivity index (χ4n) is 5.86. The van der Waals surface area contributed by atoms with Gasteiger partial charge in [0.05, 0.1) is 11.2 Å². The first-order valence-electron chi connectivity index (χ1n) is 13.5. The van der Waals surface area contributed by atoms with E-state index in [0.717, 1.165) is 51.0 Å². The van der Waals surface area contributed by atoms with Gasteiger partial charge < -0.3 is 14.3 Å². The van der Waals surface area contributed by atoms with Crippen molar-refractivity contribution in [2.24, 2.45) is 7.05 Å². The lowest BCUT2D eigenvalue weighted by molar-refractivity contribution is 0.0851. The largest absolute Gasteiger partial charge is 0.492 e. The van der Waals surface area contributed by atoms with Crippen LogP contribution in [0.4, 0.5) is 0 Å². The highest BCUT2D eigenvalue weighted by Gasteiger charge is 2.24. The summed E-state index contributed by atoms with van der Waals surface area (Å²) in [6.07, 6.45) is 7.61. The summed E-state index contributed by atoms with van der Waals surface area (Å²) in [5.41, 5.74) is 5.62. The summed E-state index contributed by atoms with van der Waals surface area (Å²) in [7, 11) is 1.78. The second-order valence-corrected chi connectivity index (χ2v) is 10.6. The Morgan fingerprint density at radius 3 is 2.53 bits per heavy atom. The second-order valence-electron chi connectivity index (χ2n) is 10.6. The van der Waals surface area contributed by atoms with Gasteiger partial charge in [-0.3, -0.25) is 9.69 Å². The van der Waals surface area contributed by atoms with Gasteiger partial charge in [-0.05, 0) is 80.8 Å². The van der Waals surface area contributed by atoms with E-state index in [4.69, 9.17) is 9.72 Å². The molecule has 194 valence electrons. The Balaban J connectivity index is 1.18. The lowest BCUT2D eigenvalue weighted by Gasteiger charge is -2.38. The topological polar surface area (TPSA) is 63.1 Å². The van der Waals surface area contributed by atoms with E-state index in [9.17, 15) is 4.79 Å². The molecule has 6 rings (SSSR count). The lowest BCUT2D eigenvalue weighted by Crippen LogP contribution is -2.45. The molecule has 5 aromatic rings. The van der Waals surface area contributed by atoms with Crippen LogP contribution in [0.25, 0.3) is 44.2 Å². The van der Waals surface area contributed by atoms with E-state index in [1.54, 1.807) is 11.6 Å². The van der Waals surface area contributed by atoms with E-state index >= 15 is 0 Å². The second kappa shape index (κ2) is 10.1. The van der Waals surface area contributed by atoms with Crippen LogP contribution >= 0.6 is 0 Å². The third-order valence-electron chi connectivity index (χ3n) is 8.04. The first kappa shape index (κ1) is 24.4. The molecular formula is C32H34N4O2. The van der Waals surface area contributed by atoms with Gasteiger partial charge in [-0.25, -0.2) is 4.98 Å². The van der Waals surface area contributed by atoms with Gasteiger partial charge in [-0.1, -0.05) is 18.6 Å². The molecule has 0 bridgehead atoms. The van der Waals surface area contributed by atoms with Gasteiger partial charge in [0.2, 0.25) is 0 Å². The van der Waals surface area contributed by atoms with Gasteiger partial charge in [0.15, 0.2) is 0 Å². The monoisotopic (exact) mass is 506 g/mol. The molecule has 1 saturated heterocycles. The van der Waals surface area contributed by atoms with Crippen molar-refractivity contribution in [3.8, 4) is 28.1 Å². The van der Waals surface area contributed by atoms with Crippen LogP contribution in [0.15, 0.2) is 77.9 Å². The number of hydrogen-bond acceptors (Lipinski definition) is 4. The molecule has 0 spiro atoms. The zero-order chi connectivity index (χ0) is 26.2. The molecule has 0 amide bonds. The fourth-order valence-corrected chi connectivity index (χ4v) is 5.86. The number of nitrogens with zero attached hydrogens (tertiary/aromatic N) is 3. The number of aryl methyl sites for hydroxylation is 1. The van der Waals surface area contributed by atoms with Crippen molar-refractivity contribution >= 4 is 21.8 Å². The number of benzene rings is 2. The van der Waals surface area contributed by atoms with E-state index in [2.05, 4.69) is 66.2 Å². The molecule has 2 atom stereocenters. The molecule has 2 aromatic carbocycles. The Kier molecular flexibility index (Phi) is 6.50. The molecule has 6 nitrogen and oxygen atoms in total. The number of H-pyrrole nitrogens is 1. The minimum atomic E-state index is -0.0246. The van der Waals surface area contributed by atoms with Crippen molar-refractivity contribution in [2.45, 2.75) is 45.2 Å². The van der Waals surface area contributed by atoms with Crippen molar-refractivity contribution in [1.29, 1.82) is 0 Å². The van der Waals surface area contributed by atoms with Gasteiger partial charge in [0.25, 0.3) is 5.56 Å². The number of nitrogens with one attached hydrogen (secondary N) is 1. The van der Waals surface area contributed by atoms with E-state index in [1.165, 1.54) is 19.3 Å². The van der Waals surface area contributed by atoms with Gasteiger partial charge in [-0.15, -0.1) is 0 Å². The molecule has 0 unspecified atom stereocenters. The molecule has 1 fully saturated rings. The number of aromatic nitrogens is 3. The smallest absolute Gasteiger partial charge is 0.274 e. The van der Waals surface area contributed by atoms with Gasteiger partial charge >= 0.3 is 0 Å². The standard InChI is InChI=1S/C32H34N4O2/c1-21-5-4-6-22(2)36(21)17-18-38-26-11-7-23(8-12-26)29-14-10-25-19-24(9-13-30(25)34-29)28-20-35(3)32(37)31-27(28)15-16-33-31/h7-16,19-22,33H,4-6,17-18H2,1-3H3/t21-,22+. The normalized spacial score (nSPS) is 18.3. The SMILES string of the molecule is C[C@@H]1CCC[C@H](C)N1CCOc1ccc(-c2ccc3cc(-c4cn(C)c(=O)c5[nH]ccc45)ccc3n2)cc1. The van der Waals surface area contributed by atoms with Crippen molar-refractivity contribution < 1.29 is 4.74 Å². The summed E-state index contributed by atoms with van der Waals surface area (Å²) in [4.78, 5) is 23.0. The van der Waals surface area contributed by atoms with Gasteiger partial charge in [0.1, 0.15) is 17.9 Å². The van der Waals surface area contributed by atoms with Crippen LogP contribution in [-0.4, -0.2) is 44.7 Å². The molecule has 4 heterocycles. The maximum Gasteiger partial charge on any atom is 0.274 e. The number of rotatable bonds is 6. The number of likely N-dealkylation sites (tertiary alicyclic amines) is 1. The average Bonchev–Trinajstić information content (AvgIpc) is 3.43. The first-order chi connectivity index (χ1) is 18.5.